The minimum atomic E-state index is -1.13. The normalized spacial score (nSPS) is 14.6. The SMILES string of the molecule is CNC(C)(CC(C)(C)C)C(=O)OCC(O)COC(=O)c1c2ccccc2cc2ccccc12. The molecule has 0 saturated carbocycles. The summed E-state index contributed by atoms with van der Waals surface area (Å²) in [6, 6.07) is 17.3. The van der Waals surface area contributed by atoms with Gasteiger partial charge in [0, 0.05) is 0 Å². The summed E-state index contributed by atoms with van der Waals surface area (Å²) < 4.78 is 10.8. The largest absolute Gasteiger partial charge is 0.461 e. The summed E-state index contributed by atoms with van der Waals surface area (Å²) >= 11 is 0. The summed E-state index contributed by atoms with van der Waals surface area (Å²) in [5.41, 5.74) is -0.510. The third-order valence-electron chi connectivity index (χ3n) is 5.68. The number of benzene rings is 3. The number of aliphatic hydroxyl groups is 1. The fraction of sp³-hybridized carbons (Fsp3) is 0.407. The molecule has 0 aliphatic heterocycles. The third kappa shape index (κ3) is 5.89. The first-order valence-electron chi connectivity index (χ1n) is 11.2. The molecule has 6 nitrogen and oxygen atoms in total. The monoisotopic (exact) mass is 451 g/mol. The molecule has 6 heteroatoms. The van der Waals surface area contributed by atoms with E-state index in [1.165, 1.54) is 0 Å². The molecular formula is C27H33NO5. The van der Waals surface area contributed by atoms with Gasteiger partial charge in [-0.15, -0.1) is 0 Å². The van der Waals surface area contributed by atoms with Crippen molar-refractivity contribution in [2.75, 3.05) is 20.3 Å². The Labute approximate surface area is 194 Å². The number of likely N-dealkylation sites (N-methyl/N-ethyl adjacent to an activating group) is 1. The van der Waals surface area contributed by atoms with Crippen LogP contribution in [0.5, 0.6) is 0 Å². The Morgan fingerprint density at radius 3 is 1.94 bits per heavy atom. The summed E-state index contributed by atoms with van der Waals surface area (Å²) in [4.78, 5) is 25.7. The predicted octanol–water partition coefficient (Wildman–Crippen LogP) is 4.47. The number of hydrogen-bond donors (Lipinski definition) is 2. The first kappa shape index (κ1) is 24.7. The van der Waals surface area contributed by atoms with E-state index in [0.717, 1.165) is 21.5 Å². The number of rotatable bonds is 8. The molecule has 0 fully saturated rings. The van der Waals surface area contributed by atoms with Crippen LogP contribution in [0.15, 0.2) is 54.6 Å². The highest BCUT2D eigenvalue weighted by molar-refractivity contribution is 6.16. The molecule has 0 aliphatic rings. The van der Waals surface area contributed by atoms with E-state index in [1.54, 1.807) is 14.0 Å². The Balaban J connectivity index is 1.68. The summed E-state index contributed by atoms with van der Waals surface area (Å²) in [5, 5.41) is 16.8. The number of carbonyl (C=O) groups excluding carboxylic acids is 2. The van der Waals surface area contributed by atoms with Gasteiger partial charge in [0.1, 0.15) is 24.9 Å². The molecule has 33 heavy (non-hydrogen) atoms. The summed E-state index contributed by atoms with van der Waals surface area (Å²) in [5.74, 6) is -0.980. The van der Waals surface area contributed by atoms with Crippen LogP contribution in [0.4, 0.5) is 0 Å². The summed E-state index contributed by atoms with van der Waals surface area (Å²) in [6.07, 6.45) is -0.566. The first-order valence-corrected chi connectivity index (χ1v) is 11.2. The average Bonchev–Trinajstić information content (AvgIpc) is 2.78. The van der Waals surface area contributed by atoms with Crippen molar-refractivity contribution in [2.45, 2.75) is 45.8 Å². The van der Waals surface area contributed by atoms with Gasteiger partial charge in [-0.1, -0.05) is 69.3 Å². The molecule has 2 unspecified atom stereocenters. The molecule has 0 saturated heterocycles. The molecule has 176 valence electrons. The van der Waals surface area contributed by atoms with Crippen LogP contribution in [-0.4, -0.2) is 48.9 Å². The first-order chi connectivity index (χ1) is 15.5. The lowest BCUT2D eigenvalue weighted by Crippen LogP contribution is -2.51. The Hall–Kier alpha value is -2.96. The maximum absolute atomic E-state index is 13.0. The second-order valence-corrected chi connectivity index (χ2v) is 9.86. The van der Waals surface area contributed by atoms with E-state index < -0.39 is 23.6 Å². The summed E-state index contributed by atoms with van der Waals surface area (Å²) in [7, 11) is 1.71. The van der Waals surface area contributed by atoms with Crippen LogP contribution in [0.1, 0.15) is 44.5 Å². The van der Waals surface area contributed by atoms with Crippen molar-refractivity contribution in [2.24, 2.45) is 5.41 Å². The van der Waals surface area contributed by atoms with Gasteiger partial charge in [-0.05, 0) is 53.4 Å². The number of esters is 2. The lowest BCUT2D eigenvalue weighted by Gasteiger charge is -2.33. The second kappa shape index (κ2) is 9.89. The van der Waals surface area contributed by atoms with Crippen LogP contribution in [0, 0.1) is 5.41 Å². The van der Waals surface area contributed by atoms with E-state index in [0.29, 0.717) is 12.0 Å². The van der Waals surface area contributed by atoms with Crippen molar-refractivity contribution in [3.05, 3.63) is 60.2 Å². The molecule has 2 N–H and O–H groups in total. The third-order valence-corrected chi connectivity index (χ3v) is 5.68. The quantitative estimate of drug-likeness (QED) is 0.388. The van der Waals surface area contributed by atoms with Crippen LogP contribution < -0.4 is 5.32 Å². The van der Waals surface area contributed by atoms with Gasteiger partial charge in [-0.3, -0.25) is 4.79 Å². The van der Waals surface area contributed by atoms with E-state index in [4.69, 9.17) is 9.47 Å². The Morgan fingerprint density at radius 2 is 1.42 bits per heavy atom. The molecule has 0 aliphatic carbocycles. The van der Waals surface area contributed by atoms with Gasteiger partial charge in [-0.25, -0.2) is 4.79 Å². The fourth-order valence-electron chi connectivity index (χ4n) is 4.18. The van der Waals surface area contributed by atoms with Crippen molar-refractivity contribution in [3.8, 4) is 0 Å². The lowest BCUT2D eigenvalue weighted by molar-refractivity contribution is -0.155. The maximum atomic E-state index is 13.0. The fourth-order valence-corrected chi connectivity index (χ4v) is 4.18. The number of aliphatic hydroxyl groups excluding tert-OH is 1. The number of ether oxygens (including phenoxy) is 2. The molecule has 3 aromatic rings. The number of nitrogens with one attached hydrogen (secondary N) is 1. The van der Waals surface area contributed by atoms with Crippen molar-refractivity contribution < 1.29 is 24.2 Å². The highest BCUT2D eigenvalue weighted by atomic mass is 16.6. The number of carbonyl (C=O) groups is 2. The van der Waals surface area contributed by atoms with E-state index in [-0.39, 0.29) is 18.6 Å². The van der Waals surface area contributed by atoms with Crippen LogP contribution in [-0.2, 0) is 14.3 Å². The predicted molar refractivity (Wildman–Crippen MR) is 130 cm³/mol. The highest BCUT2D eigenvalue weighted by Gasteiger charge is 2.37. The lowest BCUT2D eigenvalue weighted by atomic mass is 9.81. The van der Waals surface area contributed by atoms with Gasteiger partial charge in [0.25, 0.3) is 0 Å². The van der Waals surface area contributed by atoms with E-state index in [9.17, 15) is 14.7 Å². The maximum Gasteiger partial charge on any atom is 0.339 e. The van der Waals surface area contributed by atoms with Gasteiger partial charge in [-0.2, -0.15) is 0 Å². The molecule has 0 spiro atoms. The molecule has 2 atom stereocenters. The molecule has 3 rings (SSSR count). The molecule has 3 aromatic carbocycles. The number of fused-ring (bicyclic) bond motifs is 2. The standard InChI is InChI=1S/C27H33NO5/c1-26(2,3)17-27(4,28-5)25(31)33-16-20(29)15-32-24(30)23-21-12-8-6-10-18(21)14-19-11-7-9-13-22(19)23/h6-14,20,28-29H,15-17H2,1-5H3. The smallest absolute Gasteiger partial charge is 0.339 e. The summed E-state index contributed by atoms with van der Waals surface area (Å²) in [6.45, 7) is 7.37. The van der Waals surface area contributed by atoms with Crippen LogP contribution in [0.3, 0.4) is 0 Å². The minimum absolute atomic E-state index is 0.0911. The van der Waals surface area contributed by atoms with Crippen LogP contribution in [0.2, 0.25) is 0 Å². The van der Waals surface area contributed by atoms with E-state index in [1.807, 2.05) is 75.4 Å². The van der Waals surface area contributed by atoms with E-state index >= 15 is 0 Å². The molecule has 0 heterocycles. The zero-order valence-corrected chi connectivity index (χ0v) is 20.0. The van der Waals surface area contributed by atoms with Gasteiger partial charge >= 0.3 is 11.9 Å². The average molecular weight is 452 g/mol. The zero-order chi connectivity index (χ0) is 24.2. The topological polar surface area (TPSA) is 84.9 Å². The Bertz CT molecular complexity index is 1100. The van der Waals surface area contributed by atoms with Crippen LogP contribution in [0.25, 0.3) is 21.5 Å². The zero-order valence-electron chi connectivity index (χ0n) is 20.0. The van der Waals surface area contributed by atoms with Crippen molar-refractivity contribution >= 4 is 33.5 Å². The molecule has 0 aromatic heterocycles. The van der Waals surface area contributed by atoms with Gasteiger partial charge in [0.05, 0.1) is 5.56 Å². The van der Waals surface area contributed by atoms with Crippen molar-refractivity contribution in [1.82, 2.24) is 5.32 Å². The molecule has 0 amide bonds. The highest BCUT2D eigenvalue weighted by Crippen LogP contribution is 2.30. The molecule has 0 radical (unpaired) electrons. The van der Waals surface area contributed by atoms with Gasteiger partial charge in [0.15, 0.2) is 0 Å². The Morgan fingerprint density at radius 1 is 0.909 bits per heavy atom. The number of hydrogen-bond acceptors (Lipinski definition) is 6. The molecule has 0 bridgehead atoms. The van der Waals surface area contributed by atoms with Crippen LogP contribution >= 0.6 is 0 Å². The van der Waals surface area contributed by atoms with Crippen molar-refractivity contribution in [1.29, 1.82) is 0 Å². The van der Waals surface area contributed by atoms with Gasteiger partial charge < -0.3 is 19.9 Å². The van der Waals surface area contributed by atoms with Gasteiger partial charge in [0.2, 0.25) is 0 Å². The van der Waals surface area contributed by atoms with Crippen molar-refractivity contribution in [3.63, 3.8) is 0 Å². The van der Waals surface area contributed by atoms with E-state index in [2.05, 4.69) is 5.32 Å². The second-order valence-electron chi connectivity index (χ2n) is 9.86. The Kier molecular flexibility index (Phi) is 7.40. The molecular weight excluding hydrogens is 418 g/mol. The minimum Gasteiger partial charge on any atom is -0.461 e.